The van der Waals surface area contributed by atoms with Gasteiger partial charge in [0.1, 0.15) is 6.07 Å². The maximum absolute atomic E-state index is 10.6. The minimum Gasteiger partial charge on any atom is -0.222 e. The summed E-state index contributed by atoms with van der Waals surface area (Å²) >= 11 is 0. The predicted octanol–water partition coefficient (Wildman–Crippen LogP) is -1.50. The zero-order valence-corrected chi connectivity index (χ0v) is 7.13. The van der Waals surface area contributed by atoms with E-state index in [1.165, 1.54) is 6.07 Å². The molecule has 0 saturated carbocycles. The lowest BCUT2D eigenvalue weighted by atomic mass is 10.8. The Balaban J connectivity index is 3.06. The molecular formula is C3H3NO6S2. The van der Waals surface area contributed by atoms with Gasteiger partial charge in [-0.15, -0.1) is 0 Å². The Kier molecular flexibility index (Phi) is 2.09. The molecule has 68 valence electrons. The molecule has 12 heavy (non-hydrogen) atoms. The molecule has 1 fully saturated rings. The number of hydrogen-bond donors (Lipinski definition) is 0. The third-order valence-corrected chi connectivity index (χ3v) is 4.11. The maximum Gasteiger partial charge on any atom is 0.287 e. The highest BCUT2D eigenvalue weighted by Crippen LogP contribution is 2.15. The monoisotopic (exact) mass is 213 g/mol. The SMILES string of the molecule is N#CC1OS(=O)(=O)CS(=O)(=O)O1. The summed E-state index contributed by atoms with van der Waals surface area (Å²) in [6.45, 7) is 0. The molecule has 1 saturated heterocycles. The maximum atomic E-state index is 10.6. The Hall–Kier alpha value is -0.690. The van der Waals surface area contributed by atoms with E-state index in [-0.39, 0.29) is 0 Å². The van der Waals surface area contributed by atoms with Crippen LogP contribution in [0, 0.1) is 11.3 Å². The molecule has 0 bridgehead atoms. The lowest BCUT2D eigenvalue weighted by Gasteiger charge is -2.16. The van der Waals surface area contributed by atoms with Crippen LogP contribution in [0.4, 0.5) is 0 Å². The van der Waals surface area contributed by atoms with Crippen molar-refractivity contribution in [1.82, 2.24) is 0 Å². The van der Waals surface area contributed by atoms with Crippen LogP contribution in [0.2, 0.25) is 0 Å². The molecule has 0 aromatic heterocycles. The van der Waals surface area contributed by atoms with Gasteiger partial charge in [0.15, 0.2) is 0 Å². The average Bonchev–Trinajstić information content (AvgIpc) is 1.80. The fourth-order valence-corrected chi connectivity index (χ4v) is 3.16. The van der Waals surface area contributed by atoms with Gasteiger partial charge in [-0.05, 0) is 0 Å². The molecule has 1 aliphatic heterocycles. The van der Waals surface area contributed by atoms with Crippen LogP contribution < -0.4 is 0 Å². The Labute approximate surface area is 68.8 Å². The standard InChI is InChI=1S/C3H3NO6S2/c4-1-3-9-11(5,6)2-12(7,8)10-3/h3H,2H2. The van der Waals surface area contributed by atoms with Gasteiger partial charge in [-0.1, -0.05) is 0 Å². The van der Waals surface area contributed by atoms with Crippen LogP contribution in [0.3, 0.4) is 0 Å². The first kappa shape index (κ1) is 9.40. The van der Waals surface area contributed by atoms with Crippen LogP contribution in [0.5, 0.6) is 0 Å². The van der Waals surface area contributed by atoms with Gasteiger partial charge in [0.2, 0.25) is 5.08 Å². The summed E-state index contributed by atoms with van der Waals surface area (Å²) in [5, 5.41) is 6.87. The molecule has 0 aliphatic carbocycles. The van der Waals surface area contributed by atoms with E-state index in [4.69, 9.17) is 5.26 Å². The fraction of sp³-hybridized carbons (Fsp3) is 0.667. The lowest BCUT2D eigenvalue weighted by molar-refractivity contribution is 0.0595. The predicted molar refractivity (Wildman–Crippen MR) is 34.3 cm³/mol. The van der Waals surface area contributed by atoms with Gasteiger partial charge in [-0.25, -0.2) is 8.37 Å². The molecule has 0 spiro atoms. The molecule has 0 unspecified atom stereocenters. The third kappa shape index (κ3) is 2.15. The second-order valence-corrected chi connectivity index (χ2v) is 5.45. The van der Waals surface area contributed by atoms with Gasteiger partial charge in [0.05, 0.1) is 0 Å². The number of rotatable bonds is 0. The fourth-order valence-electron chi connectivity index (χ4n) is 0.558. The average molecular weight is 213 g/mol. The molecule has 1 heterocycles. The zero-order valence-electron chi connectivity index (χ0n) is 5.50. The van der Waals surface area contributed by atoms with E-state index in [2.05, 4.69) is 8.37 Å². The Morgan fingerprint density at radius 3 is 1.92 bits per heavy atom. The van der Waals surface area contributed by atoms with E-state index in [0.29, 0.717) is 0 Å². The molecular weight excluding hydrogens is 210 g/mol. The van der Waals surface area contributed by atoms with Crippen molar-refractivity contribution in [2.24, 2.45) is 0 Å². The van der Waals surface area contributed by atoms with Gasteiger partial charge >= 0.3 is 0 Å². The molecule has 0 atom stereocenters. The molecule has 0 radical (unpaired) electrons. The third-order valence-electron chi connectivity index (χ3n) is 0.862. The van der Waals surface area contributed by atoms with Crippen molar-refractivity contribution in [2.45, 2.75) is 6.29 Å². The van der Waals surface area contributed by atoms with E-state index >= 15 is 0 Å². The summed E-state index contributed by atoms with van der Waals surface area (Å²) in [6, 6.07) is 1.21. The van der Waals surface area contributed by atoms with Crippen LogP contribution in [-0.4, -0.2) is 28.2 Å². The Bertz CT molecular complexity index is 378. The zero-order chi connectivity index (χ0) is 9.41. The Morgan fingerprint density at radius 1 is 1.17 bits per heavy atom. The number of nitriles is 1. The van der Waals surface area contributed by atoms with E-state index < -0.39 is 31.6 Å². The van der Waals surface area contributed by atoms with Crippen LogP contribution in [-0.2, 0) is 28.6 Å². The van der Waals surface area contributed by atoms with Crippen molar-refractivity contribution in [3.05, 3.63) is 0 Å². The smallest absolute Gasteiger partial charge is 0.222 e. The van der Waals surface area contributed by atoms with E-state index in [9.17, 15) is 16.8 Å². The van der Waals surface area contributed by atoms with Crippen molar-refractivity contribution in [3.63, 3.8) is 0 Å². The number of hydrogen-bond acceptors (Lipinski definition) is 7. The van der Waals surface area contributed by atoms with Crippen molar-refractivity contribution in [1.29, 1.82) is 5.26 Å². The van der Waals surface area contributed by atoms with Gasteiger partial charge < -0.3 is 0 Å². The summed E-state index contributed by atoms with van der Waals surface area (Å²) in [5.74, 6) is 0. The normalized spacial score (nSPS) is 27.6. The van der Waals surface area contributed by atoms with Crippen molar-refractivity contribution in [2.75, 3.05) is 5.08 Å². The topological polar surface area (TPSA) is 111 Å². The van der Waals surface area contributed by atoms with E-state index in [1.807, 2.05) is 0 Å². The van der Waals surface area contributed by atoms with E-state index in [0.717, 1.165) is 0 Å². The summed E-state index contributed by atoms with van der Waals surface area (Å²) in [5.41, 5.74) is 0. The molecule has 1 aliphatic rings. The highest BCUT2D eigenvalue weighted by Gasteiger charge is 2.36. The van der Waals surface area contributed by atoms with Gasteiger partial charge in [-0.2, -0.15) is 22.1 Å². The molecule has 0 aromatic rings. The van der Waals surface area contributed by atoms with Gasteiger partial charge in [0.25, 0.3) is 26.5 Å². The molecule has 1 rings (SSSR count). The van der Waals surface area contributed by atoms with Gasteiger partial charge in [-0.3, -0.25) is 0 Å². The second kappa shape index (κ2) is 2.67. The largest absolute Gasteiger partial charge is 0.287 e. The van der Waals surface area contributed by atoms with Crippen molar-refractivity contribution < 1.29 is 25.2 Å². The minimum absolute atomic E-state index is 1.21. The van der Waals surface area contributed by atoms with E-state index in [1.54, 1.807) is 0 Å². The van der Waals surface area contributed by atoms with Gasteiger partial charge in [0, 0.05) is 0 Å². The molecule has 0 amide bonds. The quantitative estimate of drug-likeness (QED) is 0.450. The molecule has 9 heteroatoms. The van der Waals surface area contributed by atoms with Crippen LogP contribution in [0.15, 0.2) is 0 Å². The lowest BCUT2D eigenvalue weighted by Crippen LogP contribution is -2.34. The molecule has 0 aromatic carbocycles. The van der Waals surface area contributed by atoms with Crippen LogP contribution in [0.1, 0.15) is 0 Å². The van der Waals surface area contributed by atoms with Crippen molar-refractivity contribution in [3.8, 4) is 6.07 Å². The van der Waals surface area contributed by atoms with Crippen LogP contribution >= 0.6 is 0 Å². The highest BCUT2D eigenvalue weighted by atomic mass is 32.3. The molecule has 7 nitrogen and oxygen atoms in total. The first-order valence-corrected chi connectivity index (χ1v) is 5.72. The first-order valence-electron chi connectivity index (χ1n) is 2.56. The highest BCUT2D eigenvalue weighted by molar-refractivity contribution is 8.04. The summed E-state index contributed by atoms with van der Waals surface area (Å²) < 4.78 is 50.3. The summed E-state index contributed by atoms with van der Waals surface area (Å²) in [4.78, 5) is 0. The van der Waals surface area contributed by atoms with Crippen molar-refractivity contribution >= 4 is 20.2 Å². The Morgan fingerprint density at radius 2 is 1.58 bits per heavy atom. The minimum atomic E-state index is -4.19. The summed E-state index contributed by atoms with van der Waals surface area (Å²) in [7, 11) is -8.37. The number of nitrogens with zero attached hydrogens (tertiary/aromatic N) is 1. The second-order valence-electron chi connectivity index (χ2n) is 1.89. The first-order chi connectivity index (χ1) is 5.35. The van der Waals surface area contributed by atoms with Crippen LogP contribution in [0.25, 0.3) is 0 Å². The molecule has 0 N–H and O–H groups in total. The summed E-state index contributed by atoms with van der Waals surface area (Å²) in [6.07, 6.45) is -1.89.